The zero-order valence-electron chi connectivity index (χ0n) is 12.7. The molecule has 2 aromatic carbocycles. The number of benzene rings is 2. The Labute approximate surface area is 133 Å². The first-order valence-electron chi connectivity index (χ1n) is 7.19. The molecule has 3 rings (SSSR count). The van der Waals surface area contributed by atoms with Gasteiger partial charge < -0.3 is 15.7 Å². The van der Waals surface area contributed by atoms with Crippen molar-refractivity contribution < 1.29 is 14.8 Å². The van der Waals surface area contributed by atoms with Crippen LogP contribution in [0.2, 0.25) is 0 Å². The molecule has 1 aliphatic rings. The van der Waals surface area contributed by atoms with Crippen LogP contribution in [-0.2, 0) is 0 Å². The molecule has 0 aromatic heterocycles. The third-order valence-corrected chi connectivity index (χ3v) is 3.26. The number of amides is 1. The molecular weight excluding hydrogens is 298 g/mol. The second kappa shape index (κ2) is 6.78. The van der Waals surface area contributed by atoms with Gasteiger partial charge in [0, 0.05) is 17.8 Å². The summed E-state index contributed by atoms with van der Waals surface area (Å²) in [5.41, 5.74) is 1.40. The molecule has 0 saturated carbocycles. The van der Waals surface area contributed by atoms with E-state index in [2.05, 4.69) is 10.6 Å². The number of carbonyl (C=O) groups is 1. The predicted octanol–water partition coefficient (Wildman–Crippen LogP) is 3.18. The number of nitrogens with one attached hydrogen (secondary N) is 2. The SMILES string of the molecule is CC.O=C1NC(c2ccc(O)cc2)Nc2ccc([N+](=O)[O-])cc21. The molecule has 7 heteroatoms. The minimum atomic E-state index is -0.542. The van der Waals surface area contributed by atoms with Crippen LogP contribution in [0.1, 0.15) is 35.9 Å². The molecule has 23 heavy (non-hydrogen) atoms. The summed E-state index contributed by atoms with van der Waals surface area (Å²) in [6, 6.07) is 10.5. The van der Waals surface area contributed by atoms with Gasteiger partial charge in [-0.3, -0.25) is 14.9 Å². The van der Waals surface area contributed by atoms with Crippen LogP contribution in [0.15, 0.2) is 42.5 Å². The van der Waals surface area contributed by atoms with E-state index in [1.54, 1.807) is 12.1 Å². The summed E-state index contributed by atoms with van der Waals surface area (Å²) in [4.78, 5) is 22.3. The van der Waals surface area contributed by atoms with Gasteiger partial charge in [0.2, 0.25) is 0 Å². The van der Waals surface area contributed by atoms with E-state index >= 15 is 0 Å². The number of aromatic hydroxyl groups is 1. The topological polar surface area (TPSA) is 104 Å². The standard InChI is InChI=1S/C14H11N3O4.C2H6/c18-10-4-1-8(2-5-10)13-15-12-6-3-9(17(20)21)7-11(12)14(19)16-13;1-2/h1-7,13,15,18H,(H,16,19);1-2H3. The lowest BCUT2D eigenvalue weighted by atomic mass is 10.0. The van der Waals surface area contributed by atoms with E-state index in [1.807, 2.05) is 13.8 Å². The van der Waals surface area contributed by atoms with Crippen LogP contribution in [0, 0.1) is 10.1 Å². The summed E-state index contributed by atoms with van der Waals surface area (Å²) in [5, 5.41) is 25.8. The fourth-order valence-corrected chi connectivity index (χ4v) is 2.19. The third kappa shape index (κ3) is 3.39. The van der Waals surface area contributed by atoms with Crippen molar-refractivity contribution >= 4 is 17.3 Å². The number of rotatable bonds is 2. The van der Waals surface area contributed by atoms with Gasteiger partial charge in [-0.25, -0.2) is 0 Å². The zero-order valence-corrected chi connectivity index (χ0v) is 12.7. The molecule has 1 aliphatic heterocycles. The highest BCUT2D eigenvalue weighted by Crippen LogP contribution is 2.29. The molecule has 0 aliphatic carbocycles. The summed E-state index contributed by atoms with van der Waals surface area (Å²) in [6.07, 6.45) is -0.452. The summed E-state index contributed by atoms with van der Waals surface area (Å²) < 4.78 is 0. The van der Waals surface area contributed by atoms with Crippen molar-refractivity contribution in [3.8, 4) is 5.75 Å². The Hall–Kier alpha value is -3.09. The van der Waals surface area contributed by atoms with Gasteiger partial charge in [0.15, 0.2) is 0 Å². The van der Waals surface area contributed by atoms with Gasteiger partial charge >= 0.3 is 0 Å². The van der Waals surface area contributed by atoms with E-state index in [9.17, 15) is 20.0 Å². The van der Waals surface area contributed by atoms with Gasteiger partial charge in [0.25, 0.3) is 11.6 Å². The van der Waals surface area contributed by atoms with Crippen molar-refractivity contribution in [1.29, 1.82) is 0 Å². The number of phenols is 1. The quantitative estimate of drug-likeness (QED) is 0.583. The average molecular weight is 315 g/mol. The van der Waals surface area contributed by atoms with E-state index in [4.69, 9.17) is 0 Å². The molecule has 1 amide bonds. The van der Waals surface area contributed by atoms with Crippen LogP contribution < -0.4 is 10.6 Å². The van der Waals surface area contributed by atoms with Crippen molar-refractivity contribution in [3.05, 3.63) is 63.7 Å². The molecule has 2 aromatic rings. The lowest BCUT2D eigenvalue weighted by molar-refractivity contribution is -0.384. The summed E-state index contributed by atoms with van der Waals surface area (Å²) in [5.74, 6) is -0.248. The normalized spacial score (nSPS) is 15.4. The van der Waals surface area contributed by atoms with Gasteiger partial charge in [-0.2, -0.15) is 0 Å². The Balaban J connectivity index is 0.000000924. The monoisotopic (exact) mass is 315 g/mol. The minimum Gasteiger partial charge on any atom is -0.508 e. The highest BCUT2D eigenvalue weighted by molar-refractivity contribution is 6.02. The number of non-ortho nitro benzene ring substituents is 1. The summed E-state index contributed by atoms with van der Waals surface area (Å²) >= 11 is 0. The molecule has 1 atom stereocenters. The number of nitrogens with zero attached hydrogens (tertiary/aromatic N) is 1. The van der Waals surface area contributed by atoms with Crippen LogP contribution in [0.4, 0.5) is 11.4 Å². The maximum atomic E-state index is 12.1. The first-order chi connectivity index (χ1) is 11.0. The number of hydrogen-bond acceptors (Lipinski definition) is 5. The Kier molecular flexibility index (Phi) is 4.80. The number of carbonyl (C=O) groups excluding carboxylic acids is 1. The zero-order chi connectivity index (χ0) is 17.0. The van der Waals surface area contributed by atoms with Crippen molar-refractivity contribution in [2.45, 2.75) is 20.0 Å². The van der Waals surface area contributed by atoms with Crippen LogP contribution in [0.25, 0.3) is 0 Å². The molecule has 1 heterocycles. The Bertz CT molecular complexity index is 729. The Morgan fingerprint density at radius 2 is 1.74 bits per heavy atom. The molecule has 120 valence electrons. The Morgan fingerprint density at radius 1 is 1.09 bits per heavy atom. The predicted molar refractivity (Wildman–Crippen MR) is 86.4 cm³/mol. The largest absolute Gasteiger partial charge is 0.508 e. The van der Waals surface area contributed by atoms with Crippen molar-refractivity contribution in [2.24, 2.45) is 0 Å². The first-order valence-corrected chi connectivity index (χ1v) is 7.19. The molecule has 0 bridgehead atoms. The van der Waals surface area contributed by atoms with Crippen LogP contribution in [0.3, 0.4) is 0 Å². The maximum Gasteiger partial charge on any atom is 0.270 e. The van der Waals surface area contributed by atoms with Crippen molar-refractivity contribution in [3.63, 3.8) is 0 Å². The smallest absolute Gasteiger partial charge is 0.270 e. The molecule has 7 nitrogen and oxygen atoms in total. The number of fused-ring (bicyclic) bond motifs is 1. The van der Waals surface area contributed by atoms with Crippen LogP contribution in [-0.4, -0.2) is 15.9 Å². The molecule has 0 saturated heterocycles. The fourth-order valence-electron chi connectivity index (χ4n) is 2.19. The van der Waals surface area contributed by atoms with Gasteiger partial charge in [0.05, 0.1) is 10.5 Å². The van der Waals surface area contributed by atoms with E-state index in [0.29, 0.717) is 5.69 Å². The van der Waals surface area contributed by atoms with E-state index in [0.717, 1.165) is 5.56 Å². The molecular formula is C16H17N3O4. The number of nitro groups is 1. The number of phenolic OH excluding ortho intramolecular Hbond substituents is 1. The number of nitro benzene ring substituents is 1. The lowest BCUT2D eigenvalue weighted by Gasteiger charge is -2.28. The number of anilines is 1. The van der Waals surface area contributed by atoms with Gasteiger partial charge in [0.1, 0.15) is 11.9 Å². The highest BCUT2D eigenvalue weighted by Gasteiger charge is 2.26. The highest BCUT2D eigenvalue weighted by atomic mass is 16.6. The second-order valence-corrected chi connectivity index (χ2v) is 4.63. The lowest BCUT2D eigenvalue weighted by Crippen LogP contribution is -2.38. The third-order valence-electron chi connectivity index (χ3n) is 3.26. The molecule has 0 radical (unpaired) electrons. The maximum absolute atomic E-state index is 12.1. The minimum absolute atomic E-state index is 0.131. The second-order valence-electron chi connectivity index (χ2n) is 4.63. The first kappa shape index (κ1) is 16.3. The molecule has 1 unspecified atom stereocenters. The van der Waals surface area contributed by atoms with Gasteiger partial charge in [-0.1, -0.05) is 26.0 Å². The molecule has 3 N–H and O–H groups in total. The number of hydrogen-bond donors (Lipinski definition) is 3. The summed E-state index contributed by atoms with van der Waals surface area (Å²) in [7, 11) is 0. The van der Waals surface area contributed by atoms with Crippen LogP contribution >= 0.6 is 0 Å². The molecule has 0 fully saturated rings. The van der Waals surface area contributed by atoms with Crippen molar-refractivity contribution in [2.75, 3.05) is 5.32 Å². The van der Waals surface area contributed by atoms with Crippen molar-refractivity contribution in [1.82, 2.24) is 5.32 Å². The van der Waals surface area contributed by atoms with Gasteiger partial charge in [-0.15, -0.1) is 0 Å². The van der Waals surface area contributed by atoms with E-state index in [-0.39, 0.29) is 22.9 Å². The average Bonchev–Trinajstić information content (AvgIpc) is 2.57. The van der Waals surface area contributed by atoms with Gasteiger partial charge in [-0.05, 0) is 23.8 Å². The van der Waals surface area contributed by atoms with Crippen LogP contribution in [0.5, 0.6) is 5.75 Å². The summed E-state index contributed by atoms with van der Waals surface area (Å²) in [6.45, 7) is 4.00. The Morgan fingerprint density at radius 3 is 2.35 bits per heavy atom. The fraction of sp³-hybridized carbons (Fsp3) is 0.188. The molecule has 0 spiro atoms. The van der Waals surface area contributed by atoms with E-state index in [1.165, 1.54) is 30.3 Å². The van der Waals surface area contributed by atoms with E-state index < -0.39 is 11.1 Å².